The van der Waals surface area contributed by atoms with Crippen LogP contribution >= 0.6 is 11.3 Å². The van der Waals surface area contributed by atoms with Gasteiger partial charge in [0.15, 0.2) is 0 Å². The molecule has 0 radical (unpaired) electrons. The van der Waals surface area contributed by atoms with Gasteiger partial charge < -0.3 is 9.47 Å². The maximum Gasteiger partial charge on any atom is 0.0720 e. The van der Waals surface area contributed by atoms with Crippen LogP contribution in [0.5, 0.6) is 0 Å². The lowest BCUT2D eigenvalue weighted by molar-refractivity contribution is 0.771. The SMILES string of the molecule is c1ccc(-c2cccc(C3(c4ccccc4-c4ccccc4)c4cccc5c4-c4c3ccc3c6ccc(-c7ccc(-c8cccc(N(c9cccc(-c%10ccc%11ccccc%11c%10)c9)c9ccc%10c(c9)sc9ccccc9%10)c8)cc7)cc6n(c43)-c3ccccc3-5)c2)cc1. The fourth-order valence-electron chi connectivity index (χ4n) is 15.7. The molecule has 17 aromatic rings. The zero-order valence-electron chi connectivity index (χ0n) is 50.1. The van der Waals surface area contributed by atoms with E-state index in [-0.39, 0.29) is 0 Å². The summed E-state index contributed by atoms with van der Waals surface area (Å²) >= 11 is 1.86. The summed E-state index contributed by atoms with van der Waals surface area (Å²) in [7, 11) is 0. The number of nitrogens with zero attached hydrogens (tertiary/aromatic N) is 2. The zero-order valence-corrected chi connectivity index (χ0v) is 51.0. The highest BCUT2D eigenvalue weighted by molar-refractivity contribution is 7.25. The maximum atomic E-state index is 2.60. The van der Waals surface area contributed by atoms with Gasteiger partial charge in [0.25, 0.3) is 0 Å². The Morgan fingerprint density at radius 2 is 0.793 bits per heavy atom. The molecular formula is C89H56N2S. The molecule has 0 amide bonds. The van der Waals surface area contributed by atoms with Crippen LogP contribution in [0.25, 0.3) is 136 Å². The molecule has 2 aliphatic rings. The average molecular weight is 1190 g/mol. The summed E-state index contributed by atoms with van der Waals surface area (Å²) < 4.78 is 5.18. The fourth-order valence-corrected chi connectivity index (χ4v) is 16.8. The Morgan fingerprint density at radius 1 is 0.272 bits per heavy atom. The topological polar surface area (TPSA) is 8.17 Å². The van der Waals surface area contributed by atoms with Crippen molar-refractivity contribution < 1.29 is 0 Å². The highest BCUT2D eigenvalue weighted by atomic mass is 32.1. The summed E-state index contributed by atoms with van der Waals surface area (Å²) in [5.74, 6) is 0. The Balaban J connectivity index is 0.752. The number of aromatic nitrogens is 1. The normalized spacial score (nSPS) is 13.7. The molecule has 3 heteroatoms. The molecule has 0 spiro atoms. The molecule has 19 rings (SSSR count). The third-order valence-corrected chi connectivity index (χ3v) is 20.9. The summed E-state index contributed by atoms with van der Waals surface area (Å²) in [4.78, 5) is 2.43. The maximum absolute atomic E-state index is 2.60. The van der Waals surface area contributed by atoms with Crippen LogP contribution in [0.4, 0.5) is 17.1 Å². The zero-order chi connectivity index (χ0) is 60.4. The van der Waals surface area contributed by atoms with E-state index in [1.54, 1.807) is 0 Å². The van der Waals surface area contributed by atoms with Gasteiger partial charge in [-0.25, -0.2) is 0 Å². The van der Waals surface area contributed by atoms with Gasteiger partial charge in [0.05, 0.1) is 22.1 Å². The highest BCUT2D eigenvalue weighted by Gasteiger charge is 2.50. The van der Waals surface area contributed by atoms with Crippen molar-refractivity contribution >= 4 is 81.1 Å². The molecule has 0 saturated heterocycles. The quantitative estimate of drug-likeness (QED) is 0.132. The first kappa shape index (κ1) is 52.3. The van der Waals surface area contributed by atoms with Crippen molar-refractivity contribution in [1.82, 2.24) is 4.57 Å². The Morgan fingerprint density at radius 3 is 1.60 bits per heavy atom. The van der Waals surface area contributed by atoms with Gasteiger partial charge in [-0.2, -0.15) is 0 Å². The molecule has 0 bridgehead atoms. The van der Waals surface area contributed by atoms with Gasteiger partial charge in [-0.15, -0.1) is 11.3 Å². The van der Waals surface area contributed by atoms with Crippen LogP contribution in [-0.2, 0) is 5.41 Å². The molecule has 1 aliphatic carbocycles. The first-order valence-electron chi connectivity index (χ1n) is 31.8. The third kappa shape index (κ3) is 7.99. The first-order valence-corrected chi connectivity index (χ1v) is 32.6. The standard InChI is InChI=1S/C89H56N2S/c1-3-19-57(20-4-1)63-25-15-28-68(52-63)89(79-35-12-9-31-72(79)61-22-5-2-6-23-61)80-36-18-34-77-73-32-10-13-37-82(73)91-83-55-67(45-47-74(83)78-49-50-81(89)87(86(77)80)88(78)91)60-41-39-59(40-42-60)64-26-16-29-69(53-64)90(71-46-48-76-75-33-11-14-38-84(75)92-85(76)56-71)70-30-17-27-65(54-70)66-44-43-58-21-7-8-24-62(58)51-66/h1-56H. The molecule has 3 heterocycles. The Hall–Kier alpha value is -11.6. The van der Waals surface area contributed by atoms with Gasteiger partial charge >= 0.3 is 0 Å². The molecule has 0 saturated carbocycles. The van der Waals surface area contributed by atoms with E-state index in [9.17, 15) is 0 Å². The second kappa shape index (κ2) is 20.7. The van der Waals surface area contributed by atoms with Gasteiger partial charge in [-0.05, 0) is 167 Å². The van der Waals surface area contributed by atoms with Gasteiger partial charge in [-0.1, -0.05) is 273 Å². The number of benzene rings is 15. The predicted octanol–water partition coefficient (Wildman–Crippen LogP) is 24.5. The van der Waals surface area contributed by atoms with E-state index in [0.29, 0.717) is 0 Å². The lowest BCUT2D eigenvalue weighted by atomic mass is 9.65. The summed E-state index contributed by atoms with van der Waals surface area (Å²) in [6.45, 7) is 0. The highest BCUT2D eigenvalue weighted by Crippen LogP contribution is 2.63. The number of hydrogen-bond acceptors (Lipinski definition) is 2. The number of anilines is 3. The Kier molecular flexibility index (Phi) is 11.8. The van der Waals surface area contributed by atoms with Crippen LogP contribution in [0.3, 0.4) is 0 Å². The third-order valence-electron chi connectivity index (χ3n) is 19.8. The average Bonchev–Trinajstić information content (AvgIpc) is 1.50. The van der Waals surface area contributed by atoms with Crippen molar-refractivity contribution in [1.29, 1.82) is 0 Å². The minimum Gasteiger partial charge on any atom is -0.310 e. The smallest absolute Gasteiger partial charge is 0.0720 e. The van der Waals surface area contributed by atoms with Crippen LogP contribution in [0.2, 0.25) is 0 Å². The molecule has 1 aliphatic heterocycles. The van der Waals surface area contributed by atoms with Gasteiger partial charge in [-0.3, -0.25) is 0 Å². The van der Waals surface area contributed by atoms with E-state index in [1.807, 2.05) is 11.3 Å². The van der Waals surface area contributed by atoms with E-state index < -0.39 is 5.41 Å². The summed E-state index contributed by atoms with van der Waals surface area (Å²) in [6, 6.07) is 127. The molecule has 0 N–H and O–H groups in total. The number of fused-ring (bicyclic) bond motifs is 10. The van der Waals surface area contributed by atoms with Crippen molar-refractivity contribution in [3.05, 3.63) is 362 Å². The molecule has 92 heavy (non-hydrogen) atoms. The molecule has 2 aromatic heterocycles. The second-order valence-corrected chi connectivity index (χ2v) is 25.7. The lowest BCUT2D eigenvalue weighted by Gasteiger charge is -2.36. The van der Waals surface area contributed by atoms with Crippen LogP contribution in [0.15, 0.2) is 340 Å². The fraction of sp³-hybridized carbons (Fsp3) is 0.0112. The number of thiophene rings is 1. The van der Waals surface area contributed by atoms with Crippen LogP contribution in [0.1, 0.15) is 22.3 Å². The molecule has 2 nitrogen and oxygen atoms in total. The van der Waals surface area contributed by atoms with Crippen molar-refractivity contribution in [3.63, 3.8) is 0 Å². The molecule has 428 valence electrons. The van der Waals surface area contributed by atoms with E-state index in [0.717, 1.165) is 28.2 Å². The largest absolute Gasteiger partial charge is 0.310 e. The first-order chi connectivity index (χ1) is 45.6. The van der Waals surface area contributed by atoms with E-state index in [1.165, 1.54) is 147 Å². The van der Waals surface area contributed by atoms with Crippen LogP contribution in [-0.4, -0.2) is 4.57 Å². The van der Waals surface area contributed by atoms with Crippen molar-refractivity contribution in [2.24, 2.45) is 0 Å². The molecule has 15 aromatic carbocycles. The van der Waals surface area contributed by atoms with Gasteiger partial charge in [0.2, 0.25) is 0 Å². The van der Waals surface area contributed by atoms with Crippen LogP contribution in [0, 0.1) is 0 Å². The monoisotopic (exact) mass is 1180 g/mol. The lowest BCUT2D eigenvalue weighted by Crippen LogP contribution is -2.29. The number of para-hydroxylation sites is 1. The molecule has 1 atom stereocenters. The predicted molar refractivity (Wildman–Crippen MR) is 389 cm³/mol. The van der Waals surface area contributed by atoms with Crippen LogP contribution < -0.4 is 4.90 Å². The molecule has 0 fully saturated rings. The Labute approximate surface area is 538 Å². The van der Waals surface area contributed by atoms with Gasteiger partial charge in [0, 0.05) is 59.1 Å². The summed E-state index contributed by atoms with van der Waals surface area (Å²) in [5.41, 5.74) is 28.3. The second-order valence-electron chi connectivity index (χ2n) is 24.7. The number of rotatable bonds is 10. The minimum atomic E-state index is -0.679. The Bertz CT molecular complexity index is 5830. The summed E-state index contributed by atoms with van der Waals surface area (Å²) in [6.07, 6.45) is 0. The van der Waals surface area contributed by atoms with Gasteiger partial charge in [0.1, 0.15) is 0 Å². The number of hydrogen-bond donors (Lipinski definition) is 0. The molecule has 1 unspecified atom stereocenters. The van der Waals surface area contributed by atoms with E-state index in [4.69, 9.17) is 0 Å². The molecular weight excluding hydrogens is 1130 g/mol. The summed E-state index contributed by atoms with van der Waals surface area (Å²) in [5, 5.41) is 7.55. The van der Waals surface area contributed by atoms with E-state index >= 15 is 0 Å². The van der Waals surface area contributed by atoms with Crippen molar-refractivity contribution in [2.75, 3.05) is 4.90 Å². The van der Waals surface area contributed by atoms with Crippen molar-refractivity contribution in [2.45, 2.75) is 5.41 Å². The van der Waals surface area contributed by atoms with E-state index in [2.05, 4.69) is 349 Å². The van der Waals surface area contributed by atoms with Crippen molar-refractivity contribution in [3.8, 4) is 83.6 Å². The minimum absolute atomic E-state index is 0.679.